The molecular weight excluding hydrogens is 455 g/mol. The van der Waals surface area contributed by atoms with Gasteiger partial charge < -0.3 is 4.74 Å². The van der Waals surface area contributed by atoms with E-state index in [1.807, 2.05) is 6.07 Å². The lowest BCUT2D eigenvalue weighted by Crippen LogP contribution is -2.00. The van der Waals surface area contributed by atoms with Crippen molar-refractivity contribution < 1.29 is 9.13 Å². The quantitative estimate of drug-likeness (QED) is 0.189. The zero-order valence-corrected chi connectivity index (χ0v) is 22.8. The van der Waals surface area contributed by atoms with Crippen LogP contribution < -0.4 is 4.74 Å². The van der Waals surface area contributed by atoms with Gasteiger partial charge in [0.05, 0.1) is 6.61 Å². The Morgan fingerprint density at radius 3 is 1.95 bits per heavy atom. The predicted octanol–water partition coefficient (Wildman–Crippen LogP) is 10.8. The highest BCUT2D eigenvalue weighted by Gasteiger charge is 2.14. The summed E-state index contributed by atoms with van der Waals surface area (Å²) in [6.45, 7) is 2.85. The highest BCUT2D eigenvalue weighted by molar-refractivity contribution is 5.71. The third-order valence-electron chi connectivity index (χ3n) is 8.00. The largest absolute Gasteiger partial charge is 0.491 e. The number of unbranched alkanes of at least 4 members (excludes halogenated alkanes) is 6. The van der Waals surface area contributed by atoms with Crippen molar-refractivity contribution in [3.8, 4) is 28.0 Å². The number of ether oxygens (including phenoxy) is 1. The highest BCUT2D eigenvalue weighted by atomic mass is 19.1. The van der Waals surface area contributed by atoms with Gasteiger partial charge in [-0.3, -0.25) is 0 Å². The van der Waals surface area contributed by atoms with Crippen molar-refractivity contribution in [2.75, 3.05) is 6.61 Å². The smallest absolute Gasteiger partial charge is 0.165 e. The maximum absolute atomic E-state index is 14.7. The van der Waals surface area contributed by atoms with Gasteiger partial charge in [-0.1, -0.05) is 132 Å². The van der Waals surface area contributed by atoms with Gasteiger partial charge in [0, 0.05) is 0 Å². The Balaban J connectivity index is 1.23. The van der Waals surface area contributed by atoms with Gasteiger partial charge in [0.15, 0.2) is 11.6 Å². The number of aryl methyl sites for hydroxylation is 1. The van der Waals surface area contributed by atoms with Crippen LogP contribution in [-0.4, -0.2) is 6.61 Å². The molecule has 0 amide bonds. The van der Waals surface area contributed by atoms with Gasteiger partial charge in [0.25, 0.3) is 0 Å². The van der Waals surface area contributed by atoms with E-state index in [4.69, 9.17) is 4.74 Å². The molecule has 0 N–H and O–H groups in total. The summed E-state index contributed by atoms with van der Waals surface area (Å²) in [7, 11) is 0. The van der Waals surface area contributed by atoms with Crippen LogP contribution in [0.4, 0.5) is 4.39 Å². The summed E-state index contributed by atoms with van der Waals surface area (Å²) in [5, 5.41) is 0. The highest BCUT2D eigenvalue weighted by Crippen LogP contribution is 2.30. The Morgan fingerprint density at radius 2 is 1.27 bits per heavy atom. The van der Waals surface area contributed by atoms with E-state index in [-0.39, 0.29) is 5.82 Å². The summed E-state index contributed by atoms with van der Waals surface area (Å²) in [6, 6.07) is 22.7. The first-order chi connectivity index (χ1) is 18.2. The van der Waals surface area contributed by atoms with Crippen molar-refractivity contribution >= 4 is 0 Å². The number of hydrogen-bond acceptors (Lipinski definition) is 1. The van der Waals surface area contributed by atoms with Crippen LogP contribution in [0.15, 0.2) is 66.7 Å². The molecule has 0 atom stereocenters. The standard InChI is InChI=1S/C35H45FO/c1-2-3-4-5-7-13-29-16-18-30(19-17-29)31-20-22-32(23-21-31)33-24-25-35(34(36)27-33)37-26-11-6-8-12-28-14-9-10-15-28/h16-25,27-28H,2-15,26H2,1H3. The van der Waals surface area contributed by atoms with E-state index >= 15 is 0 Å². The van der Waals surface area contributed by atoms with Gasteiger partial charge in [0.1, 0.15) is 0 Å². The van der Waals surface area contributed by atoms with Crippen molar-refractivity contribution in [2.45, 2.75) is 96.8 Å². The molecule has 1 saturated carbocycles. The summed E-state index contributed by atoms with van der Waals surface area (Å²) in [4.78, 5) is 0. The van der Waals surface area contributed by atoms with Crippen LogP contribution in [0.3, 0.4) is 0 Å². The zero-order valence-electron chi connectivity index (χ0n) is 22.8. The average molecular weight is 501 g/mol. The summed E-state index contributed by atoms with van der Waals surface area (Å²) >= 11 is 0. The summed E-state index contributed by atoms with van der Waals surface area (Å²) in [5.41, 5.74) is 5.72. The molecule has 198 valence electrons. The van der Waals surface area contributed by atoms with Crippen LogP contribution >= 0.6 is 0 Å². The van der Waals surface area contributed by atoms with Crippen molar-refractivity contribution in [1.82, 2.24) is 0 Å². The number of hydrogen-bond donors (Lipinski definition) is 0. The monoisotopic (exact) mass is 500 g/mol. The van der Waals surface area contributed by atoms with Crippen molar-refractivity contribution in [3.63, 3.8) is 0 Å². The van der Waals surface area contributed by atoms with Gasteiger partial charge in [-0.05, 0) is 65.1 Å². The second-order valence-corrected chi connectivity index (χ2v) is 10.9. The van der Waals surface area contributed by atoms with E-state index in [0.717, 1.165) is 29.9 Å². The third kappa shape index (κ3) is 8.73. The summed E-state index contributed by atoms with van der Waals surface area (Å²) in [5.74, 6) is 1.04. The van der Waals surface area contributed by atoms with Gasteiger partial charge in [0.2, 0.25) is 0 Å². The average Bonchev–Trinajstić information content (AvgIpc) is 3.45. The molecule has 0 spiro atoms. The summed E-state index contributed by atoms with van der Waals surface area (Å²) < 4.78 is 20.5. The number of halogens is 1. The van der Waals surface area contributed by atoms with E-state index in [0.29, 0.717) is 12.4 Å². The lowest BCUT2D eigenvalue weighted by Gasteiger charge is -2.11. The molecule has 1 nitrogen and oxygen atoms in total. The molecule has 4 rings (SSSR count). The third-order valence-corrected chi connectivity index (χ3v) is 8.00. The van der Waals surface area contributed by atoms with Crippen LogP contribution in [-0.2, 0) is 6.42 Å². The Kier molecular flexibility index (Phi) is 11.1. The van der Waals surface area contributed by atoms with Crippen LogP contribution in [0.5, 0.6) is 5.75 Å². The first-order valence-corrected chi connectivity index (χ1v) is 14.8. The van der Waals surface area contributed by atoms with Crippen LogP contribution in [0, 0.1) is 11.7 Å². The number of rotatable bonds is 15. The van der Waals surface area contributed by atoms with Gasteiger partial charge in [-0.25, -0.2) is 4.39 Å². The molecule has 3 aromatic carbocycles. The molecule has 2 heteroatoms. The van der Waals surface area contributed by atoms with E-state index in [9.17, 15) is 4.39 Å². The Morgan fingerprint density at radius 1 is 0.676 bits per heavy atom. The molecule has 0 heterocycles. The molecule has 0 aliphatic heterocycles. The molecule has 0 bridgehead atoms. The minimum atomic E-state index is -0.280. The normalized spacial score (nSPS) is 13.8. The topological polar surface area (TPSA) is 9.23 Å². The molecule has 0 radical (unpaired) electrons. The van der Waals surface area contributed by atoms with E-state index in [2.05, 4.69) is 55.5 Å². The minimum absolute atomic E-state index is 0.280. The van der Waals surface area contributed by atoms with E-state index in [1.54, 1.807) is 12.1 Å². The predicted molar refractivity (Wildman–Crippen MR) is 156 cm³/mol. The summed E-state index contributed by atoms with van der Waals surface area (Å²) in [6.07, 6.45) is 18.2. The maximum Gasteiger partial charge on any atom is 0.165 e. The van der Waals surface area contributed by atoms with Gasteiger partial charge in [-0.15, -0.1) is 0 Å². The minimum Gasteiger partial charge on any atom is -0.491 e. The van der Waals surface area contributed by atoms with Crippen LogP contribution in [0.1, 0.15) is 96.0 Å². The van der Waals surface area contributed by atoms with Crippen molar-refractivity contribution in [2.24, 2.45) is 5.92 Å². The molecule has 3 aromatic rings. The van der Waals surface area contributed by atoms with Crippen LogP contribution in [0.25, 0.3) is 22.3 Å². The Hall–Kier alpha value is -2.61. The molecule has 37 heavy (non-hydrogen) atoms. The first-order valence-electron chi connectivity index (χ1n) is 14.8. The Bertz CT molecular complexity index is 1050. The first kappa shape index (κ1) is 27.4. The second kappa shape index (κ2) is 15.0. The molecule has 1 aliphatic rings. The molecule has 0 unspecified atom stereocenters. The van der Waals surface area contributed by atoms with Crippen molar-refractivity contribution in [1.29, 1.82) is 0 Å². The molecule has 0 saturated heterocycles. The molecule has 0 aromatic heterocycles. The molecular formula is C35H45FO. The second-order valence-electron chi connectivity index (χ2n) is 10.9. The molecule has 1 aliphatic carbocycles. The van der Waals surface area contributed by atoms with E-state index < -0.39 is 0 Å². The number of benzene rings is 3. The SMILES string of the molecule is CCCCCCCc1ccc(-c2ccc(-c3ccc(OCCCCCC4CCCC4)c(F)c3)cc2)cc1. The zero-order chi connectivity index (χ0) is 25.7. The fourth-order valence-electron chi connectivity index (χ4n) is 5.64. The fraction of sp³-hybridized carbons (Fsp3) is 0.486. The Labute approximate surface area is 224 Å². The van der Waals surface area contributed by atoms with Gasteiger partial charge >= 0.3 is 0 Å². The van der Waals surface area contributed by atoms with Crippen molar-refractivity contribution in [3.05, 3.63) is 78.1 Å². The van der Waals surface area contributed by atoms with Gasteiger partial charge in [-0.2, -0.15) is 0 Å². The molecule has 1 fully saturated rings. The van der Waals surface area contributed by atoms with E-state index in [1.165, 1.54) is 93.7 Å². The van der Waals surface area contributed by atoms with Crippen LogP contribution in [0.2, 0.25) is 0 Å². The lowest BCUT2D eigenvalue weighted by molar-refractivity contribution is 0.288. The fourth-order valence-corrected chi connectivity index (χ4v) is 5.64. The lowest BCUT2D eigenvalue weighted by atomic mass is 9.98. The maximum atomic E-state index is 14.7.